The van der Waals surface area contributed by atoms with Gasteiger partial charge in [-0.3, -0.25) is 0 Å². The molecule has 0 aliphatic carbocycles. The number of fused-ring (bicyclic) bond motifs is 2. The molecule has 0 aliphatic rings. The highest BCUT2D eigenvalue weighted by atomic mass is 28.4. The molecule has 0 atom stereocenters. The maximum atomic E-state index is 16.6. The summed E-state index contributed by atoms with van der Waals surface area (Å²) in [5.74, 6) is -16.4. The molecule has 63 heavy (non-hydrogen) atoms. The second kappa shape index (κ2) is 23.7. The van der Waals surface area contributed by atoms with Gasteiger partial charge in [0.1, 0.15) is 11.6 Å². The van der Waals surface area contributed by atoms with E-state index in [-0.39, 0.29) is 11.6 Å². The fourth-order valence-corrected chi connectivity index (χ4v) is 29.7. The fraction of sp³-hybridized carbons (Fsp3) is 0.725. The Labute approximate surface area is 379 Å². The third kappa shape index (κ3) is 11.8. The zero-order valence-corrected chi connectivity index (χ0v) is 44.4. The van der Waals surface area contributed by atoms with E-state index in [9.17, 15) is 13.2 Å². The Hall–Kier alpha value is -1.93. The molecule has 360 valence electrons. The molecule has 3 aromatic rings. The summed E-state index contributed by atoms with van der Waals surface area (Å²) in [5.41, 5.74) is 4.10. The van der Waals surface area contributed by atoms with Gasteiger partial charge in [-0.25, -0.2) is 30.7 Å². The van der Waals surface area contributed by atoms with Crippen LogP contribution in [0.1, 0.15) is 174 Å². The molecule has 0 aliphatic heterocycles. The van der Waals surface area contributed by atoms with E-state index in [1.165, 1.54) is 24.9 Å². The molecule has 0 saturated heterocycles. The van der Waals surface area contributed by atoms with Crippen molar-refractivity contribution in [2.24, 2.45) is 0 Å². The number of benzene rings is 3. The molecular weight excluding hydrogens is 865 g/mol. The molecule has 0 saturated carbocycles. The minimum Gasteiger partial charge on any atom is -0.539 e. The highest BCUT2D eigenvalue weighted by molar-refractivity contribution is 6.84. The molecule has 3 rings (SSSR count). The van der Waals surface area contributed by atoms with Crippen LogP contribution >= 0.6 is 0 Å². The van der Waals surface area contributed by atoms with Crippen molar-refractivity contribution in [2.75, 3.05) is 0 Å². The van der Waals surface area contributed by atoms with Gasteiger partial charge >= 0.3 is 0 Å². The maximum Gasteiger partial charge on any atom is 0.254 e. The van der Waals surface area contributed by atoms with Crippen molar-refractivity contribution in [2.45, 2.75) is 237 Å². The van der Waals surface area contributed by atoms with E-state index in [0.29, 0.717) is 45.3 Å². The van der Waals surface area contributed by atoms with Crippen molar-refractivity contribution in [1.29, 1.82) is 0 Å². The summed E-state index contributed by atoms with van der Waals surface area (Å²) in [6, 6.07) is 3.82. The summed E-state index contributed by atoms with van der Waals surface area (Å²) in [4.78, 5) is 0. The average molecular weight is 947 g/mol. The Morgan fingerprint density at radius 2 is 0.683 bits per heavy atom. The molecule has 0 heterocycles. The Morgan fingerprint density at radius 1 is 0.349 bits per heavy atom. The van der Waals surface area contributed by atoms with Gasteiger partial charge in [0.05, 0.1) is 32.3 Å². The Morgan fingerprint density at radius 3 is 1.05 bits per heavy atom. The van der Waals surface area contributed by atoms with Gasteiger partial charge in [-0.05, 0) is 23.7 Å². The van der Waals surface area contributed by atoms with Crippen LogP contribution in [-0.4, -0.2) is 24.5 Å². The van der Waals surface area contributed by atoms with Crippen molar-refractivity contribution in [3.63, 3.8) is 0 Å². The lowest BCUT2D eigenvalue weighted by atomic mass is 9.99. The lowest BCUT2D eigenvalue weighted by molar-refractivity contribution is 0.405. The van der Waals surface area contributed by atoms with Crippen molar-refractivity contribution < 1.29 is 39.5 Å². The Bertz CT molecular complexity index is 1850. The molecule has 0 spiro atoms. The first-order valence-corrected chi connectivity index (χ1v) is 31.8. The number of halogens is 8. The van der Waals surface area contributed by atoms with Gasteiger partial charge in [-0.1, -0.05) is 219 Å². The number of hydrogen-bond donors (Lipinski definition) is 0. The standard InChI is InChI=1S/C51H82F8OSi3/c1-32(2)61(27-23-19-15-17-21-25-29-62(33(3)4,34(5)6)35(7)8,28-24-20-16-18-22-26-30-63(36(9)10,37(11)12)38(13)14)60-51-49(58)43-42(48(57)50(51)59)44(53)39-31-40(52)45(54)47(56)41(39)46(43)55/h31-38H,15-30H2,1-14H3. The molecule has 1 nitrogen and oxygen atoms in total. The summed E-state index contributed by atoms with van der Waals surface area (Å²) in [6.07, 6.45) is 12.0. The van der Waals surface area contributed by atoms with Crippen molar-refractivity contribution >= 4 is 46.0 Å². The molecular formula is C51H82F8OSi3. The first-order chi connectivity index (χ1) is 29.4. The molecule has 3 aromatic carbocycles. The minimum absolute atomic E-state index is 0.151. The average Bonchev–Trinajstić information content (AvgIpc) is 3.19. The number of unbranched alkanes of at least 4 members (excludes halogenated alkanes) is 10. The van der Waals surface area contributed by atoms with E-state index in [0.717, 1.165) is 64.2 Å². The summed E-state index contributed by atoms with van der Waals surface area (Å²) >= 11 is 0. The molecule has 0 radical (unpaired) electrons. The Balaban J connectivity index is 1.88. The third-order valence-electron chi connectivity index (χ3n) is 16.1. The topological polar surface area (TPSA) is 9.23 Å². The van der Waals surface area contributed by atoms with E-state index in [1.54, 1.807) is 0 Å². The highest BCUT2D eigenvalue weighted by Crippen LogP contribution is 2.48. The van der Waals surface area contributed by atoms with Crippen LogP contribution in [0.2, 0.25) is 63.0 Å². The molecule has 0 unspecified atom stereocenters. The van der Waals surface area contributed by atoms with Crippen LogP contribution in [0.5, 0.6) is 5.75 Å². The lowest BCUT2D eigenvalue weighted by Crippen LogP contribution is -2.45. The SMILES string of the molecule is CC(C)[Si](CCCCCCCC[Si](C(C)C)(C(C)C)C(C)C)(CCCCCCCC[Si](C(C)C)(C(C)C)C(C)C)Oc1c(F)c(F)c2c(F)c3cc(F)c(F)c(F)c3c(F)c2c1F. The van der Waals surface area contributed by atoms with Crippen LogP contribution in [0, 0.1) is 46.5 Å². The number of rotatable bonds is 27. The normalized spacial score (nSPS) is 13.3. The molecule has 0 N–H and O–H groups in total. The zero-order chi connectivity index (χ0) is 47.8. The van der Waals surface area contributed by atoms with Gasteiger partial charge in [-0.2, -0.15) is 4.39 Å². The second-order valence-electron chi connectivity index (χ2n) is 21.3. The van der Waals surface area contributed by atoms with Gasteiger partial charge in [0, 0.05) is 5.39 Å². The summed E-state index contributed by atoms with van der Waals surface area (Å²) in [7, 11) is -6.16. The summed E-state index contributed by atoms with van der Waals surface area (Å²) in [5, 5.41) is -5.41. The summed E-state index contributed by atoms with van der Waals surface area (Å²) < 4.78 is 130. The van der Waals surface area contributed by atoms with E-state index >= 15 is 22.0 Å². The van der Waals surface area contributed by atoms with Crippen molar-refractivity contribution in [1.82, 2.24) is 0 Å². The molecule has 0 aromatic heterocycles. The third-order valence-corrected chi connectivity index (χ3v) is 36.5. The monoisotopic (exact) mass is 947 g/mol. The highest BCUT2D eigenvalue weighted by Gasteiger charge is 2.44. The number of hydrogen-bond acceptors (Lipinski definition) is 1. The zero-order valence-electron chi connectivity index (χ0n) is 41.4. The molecule has 12 heteroatoms. The van der Waals surface area contributed by atoms with Crippen molar-refractivity contribution in [3.05, 3.63) is 52.6 Å². The predicted octanol–water partition coefficient (Wildman–Crippen LogP) is 19.9. The van der Waals surface area contributed by atoms with Gasteiger partial charge in [0.15, 0.2) is 34.8 Å². The van der Waals surface area contributed by atoms with Crippen LogP contribution in [-0.2, 0) is 0 Å². The quantitative estimate of drug-likeness (QED) is 0.0185. The summed E-state index contributed by atoms with van der Waals surface area (Å²) in [6.45, 7) is 32.6. The van der Waals surface area contributed by atoms with E-state index in [2.05, 4.69) is 83.1 Å². The van der Waals surface area contributed by atoms with Gasteiger partial charge in [0.25, 0.3) is 8.32 Å². The van der Waals surface area contributed by atoms with Gasteiger partial charge < -0.3 is 4.43 Å². The van der Waals surface area contributed by atoms with E-state index in [1.807, 2.05) is 13.8 Å². The van der Waals surface area contributed by atoms with Crippen LogP contribution in [0.15, 0.2) is 6.07 Å². The molecule has 0 amide bonds. The van der Waals surface area contributed by atoms with Crippen LogP contribution < -0.4 is 4.43 Å². The van der Waals surface area contributed by atoms with Crippen LogP contribution in [0.4, 0.5) is 35.1 Å². The van der Waals surface area contributed by atoms with E-state index in [4.69, 9.17) is 4.43 Å². The fourth-order valence-electron chi connectivity index (χ4n) is 12.4. The van der Waals surface area contributed by atoms with Crippen molar-refractivity contribution in [3.8, 4) is 5.75 Å². The van der Waals surface area contributed by atoms with Gasteiger partial charge in [-0.15, -0.1) is 0 Å². The molecule has 0 fully saturated rings. The first kappa shape index (κ1) is 55.4. The Kier molecular flexibility index (Phi) is 20.8. The van der Waals surface area contributed by atoms with Crippen LogP contribution in [0.3, 0.4) is 0 Å². The largest absolute Gasteiger partial charge is 0.539 e. The van der Waals surface area contributed by atoms with Gasteiger partial charge in [0.2, 0.25) is 5.82 Å². The predicted molar refractivity (Wildman–Crippen MR) is 259 cm³/mol. The first-order valence-electron chi connectivity index (χ1n) is 24.5. The second-order valence-corrected chi connectivity index (χ2v) is 38.1. The van der Waals surface area contributed by atoms with E-state index < -0.39 is 98.3 Å². The maximum absolute atomic E-state index is 16.6. The van der Waals surface area contributed by atoms with Crippen LogP contribution in [0.25, 0.3) is 21.5 Å². The minimum atomic E-state index is -3.21. The molecule has 0 bridgehead atoms. The smallest absolute Gasteiger partial charge is 0.254 e. The lowest BCUT2D eigenvalue weighted by Gasteiger charge is -2.43.